The van der Waals surface area contributed by atoms with E-state index in [0.29, 0.717) is 16.7 Å². The first kappa shape index (κ1) is 84.8. The van der Waals surface area contributed by atoms with E-state index in [0.717, 1.165) is 150 Å². The normalized spacial score (nSPS) is 11.7. The lowest BCUT2D eigenvalue weighted by molar-refractivity contribution is 1.09. The van der Waals surface area contributed by atoms with Crippen molar-refractivity contribution in [3.05, 3.63) is 427 Å². The molecule has 6 heterocycles. The minimum Gasteiger partial charge on any atom is -0.307 e. The van der Waals surface area contributed by atoms with Crippen LogP contribution in [0.1, 0.15) is 106 Å². The predicted molar refractivity (Wildman–Crippen MR) is 572 cm³/mol. The number of benzene rings is 18. The lowest BCUT2D eigenvalue weighted by Gasteiger charge is -2.20. The summed E-state index contributed by atoms with van der Waals surface area (Å²) in [6.45, 7) is 34.3. The minimum absolute atomic E-state index is 0.658. The zero-order valence-corrected chi connectivity index (χ0v) is 79.6. The summed E-state index contributed by atoms with van der Waals surface area (Å²) in [4.78, 5) is 0. The van der Waals surface area contributed by atoms with Gasteiger partial charge in [-0.05, 0) is 312 Å². The van der Waals surface area contributed by atoms with Gasteiger partial charge in [0.25, 0.3) is 0 Å². The number of aromatic nitrogens is 6. The first-order valence-electron chi connectivity index (χ1n) is 46.9. The fourth-order valence-electron chi connectivity index (χ4n) is 21.8. The van der Waals surface area contributed by atoms with Crippen LogP contribution in [-0.2, 0) is 0 Å². The minimum atomic E-state index is 0.658. The molecule has 24 aromatic rings. The van der Waals surface area contributed by atoms with Crippen molar-refractivity contribution in [1.29, 1.82) is 15.8 Å². The van der Waals surface area contributed by atoms with Crippen LogP contribution in [0.4, 0.5) is 0 Å². The average Bonchev–Trinajstić information content (AvgIpc) is 1.54. The summed E-state index contributed by atoms with van der Waals surface area (Å²) in [6.07, 6.45) is 0. The second-order valence-corrected chi connectivity index (χ2v) is 38.2. The van der Waals surface area contributed by atoms with Crippen molar-refractivity contribution in [1.82, 2.24) is 27.4 Å². The summed E-state index contributed by atoms with van der Waals surface area (Å²) in [5, 5.41) is 46.7. The number of hydrogen-bond donors (Lipinski definition) is 0. The van der Waals surface area contributed by atoms with Gasteiger partial charge in [0.05, 0.1) is 135 Å². The highest BCUT2D eigenvalue weighted by molar-refractivity contribution is 6.17. The van der Waals surface area contributed by atoms with E-state index >= 15 is 0 Å². The Hall–Kier alpha value is -16.8. The smallest absolute Gasteiger partial charge is 0.0998 e. The third-order valence-corrected chi connectivity index (χ3v) is 28.1. The Morgan fingerprint density at radius 1 is 0.147 bits per heavy atom. The number of hydrogen-bond acceptors (Lipinski definition) is 3. The van der Waals surface area contributed by atoms with Gasteiger partial charge < -0.3 is 27.4 Å². The van der Waals surface area contributed by atoms with E-state index in [1.165, 1.54) is 137 Å². The summed E-state index contributed by atoms with van der Waals surface area (Å²) >= 11 is 0. The molecule has 0 bridgehead atoms. The van der Waals surface area contributed by atoms with Crippen LogP contribution in [0.2, 0.25) is 0 Å². The summed E-state index contributed by atoms with van der Waals surface area (Å²) in [6, 6.07) is 125. The first-order chi connectivity index (χ1) is 65.8. The Morgan fingerprint density at radius 3 is 0.559 bits per heavy atom. The number of fused-ring (bicyclic) bond motifs is 18. The molecule has 654 valence electrons. The summed E-state index contributed by atoms with van der Waals surface area (Å²) in [5.41, 5.74) is 47.1. The van der Waals surface area contributed by atoms with Gasteiger partial charge in [-0.3, -0.25) is 0 Å². The highest BCUT2D eigenvalue weighted by Gasteiger charge is 2.29. The fourth-order valence-corrected chi connectivity index (χ4v) is 21.8. The molecule has 0 amide bonds. The zero-order chi connectivity index (χ0) is 93.8. The number of aryl methyl sites for hydroxylation is 16. The maximum atomic E-state index is 10.7. The van der Waals surface area contributed by atoms with Crippen LogP contribution in [0.15, 0.2) is 322 Å². The van der Waals surface area contributed by atoms with Gasteiger partial charge in [-0.2, -0.15) is 15.8 Å². The lowest BCUT2D eigenvalue weighted by Crippen LogP contribution is -2.06. The number of nitrogens with zero attached hydrogens (tertiary/aromatic N) is 9. The molecule has 0 atom stereocenters. The molecule has 9 heteroatoms. The molecule has 0 aliphatic heterocycles. The molecule has 9 nitrogen and oxygen atoms in total. The van der Waals surface area contributed by atoms with Crippen molar-refractivity contribution < 1.29 is 0 Å². The summed E-state index contributed by atoms with van der Waals surface area (Å²) in [7, 11) is 0. The standard InChI is InChI=1S/2C43H35N3.C41H31N3/c1-25-7-12-32(30(6)17-25)33-23-43(46-40-15-10-28(4)20-36(40)37-21-29(5)11-16-41(37)46)42(22-31(33)24-44)45-38-13-8-26(2)18-34(38)35-19-27(3)9-14-39(35)45;1-25-7-12-32(30(6)17-25)37-23-43(46-40-20-28(4)10-15-35(40)36-16-11-29(5)21-41(36)46)42(22-31(37)24-44)45-38-18-26(2)8-13-33(38)34-14-9-27(3)19-39(34)45;1-25-13-16-30(28(4)19-25)33-23-41(44-37-12-8-6-10-32(37)35-21-27(3)15-18-39(35)44)40(22-29(33)24-42)43-36-11-7-5-9-31(36)34-20-26(2)14-17-38(34)43/h2*7-23H,1-6H3;5-23H,1-4H3. The highest BCUT2D eigenvalue weighted by atomic mass is 15.1. The Bertz CT molecular complexity index is 9180. The topological polar surface area (TPSA) is 101 Å². The van der Waals surface area contributed by atoms with Gasteiger partial charge in [0, 0.05) is 81.3 Å². The van der Waals surface area contributed by atoms with Gasteiger partial charge in [-0.25, -0.2) is 0 Å². The van der Waals surface area contributed by atoms with E-state index in [-0.39, 0.29) is 0 Å². The van der Waals surface area contributed by atoms with Crippen molar-refractivity contribution in [2.45, 2.75) is 111 Å². The lowest BCUT2D eigenvalue weighted by atomic mass is 9.94. The molecule has 6 aromatic heterocycles. The molecule has 0 unspecified atom stereocenters. The van der Waals surface area contributed by atoms with Gasteiger partial charge in [0.2, 0.25) is 0 Å². The predicted octanol–water partition coefficient (Wildman–Crippen LogP) is 33.2. The van der Waals surface area contributed by atoms with Crippen LogP contribution in [0.25, 0.3) is 198 Å². The van der Waals surface area contributed by atoms with Gasteiger partial charge in [0.1, 0.15) is 0 Å². The van der Waals surface area contributed by atoms with Gasteiger partial charge in [-0.1, -0.05) is 226 Å². The summed E-state index contributed by atoms with van der Waals surface area (Å²) < 4.78 is 14.3. The van der Waals surface area contributed by atoms with Crippen molar-refractivity contribution in [3.63, 3.8) is 0 Å². The van der Waals surface area contributed by atoms with E-state index in [2.05, 4.69) is 478 Å². The molecule has 0 saturated carbocycles. The molecule has 0 N–H and O–H groups in total. The average molecular weight is 1750 g/mol. The molecule has 0 aliphatic rings. The molecule has 0 aliphatic carbocycles. The van der Waals surface area contributed by atoms with Crippen molar-refractivity contribution in [3.8, 4) is 85.7 Å². The van der Waals surface area contributed by atoms with Gasteiger partial charge >= 0.3 is 0 Å². The van der Waals surface area contributed by atoms with Gasteiger partial charge in [0.15, 0.2) is 0 Å². The van der Waals surface area contributed by atoms with Crippen molar-refractivity contribution in [2.75, 3.05) is 0 Å². The maximum Gasteiger partial charge on any atom is 0.0998 e. The molecular weight excluding hydrogens is 1650 g/mol. The molecule has 0 saturated heterocycles. The fraction of sp³-hybridized carbons (Fsp3) is 0.126. The second-order valence-electron chi connectivity index (χ2n) is 38.2. The number of rotatable bonds is 9. The number of nitriles is 3. The summed E-state index contributed by atoms with van der Waals surface area (Å²) in [5.74, 6) is 0. The van der Waals surface area contributed by atoms with Crippen LogP contribution in [0.3, 0.4) is 0 Å². The largest absolute Gasteiger partial charge is 0.307 e. The molecule has 0 spiro atoms. The van der Waals surface area contributed by atoms with Gasteiger partial charge in [-0.15, -0.1) is 0 Å². The Labute approximate surface area is 792 Å². The van der Waals surface area contributed by atoms with Crippen molar-refractivity contribution >= 4 is 131 Å². The van der Waals surface area contributed by atoms with Crippen LogP contribution in [0.5, 0.6) is 0 Å². The number of para-hydroxylation sites is 2. The molecule has 136 heavy (non-hydrogen) atoms. The molecule has 24 rings (SSSR count). The van der Waals surface area contributed by atoms with E-state index in [1.807, 2.05) is 0 Å². The highest BCUT2D eigenvalue weighted by Crippen LogP contribution is 2.48. The van der Waals surface area contributed by atoms with E-state index in [4.69, 9.17) is 0 Å². The monoisotopic (exact) mass is 1750 g/mol. The van der Waals surface area contributed by atoms with E-state index in [9.17, 15) is 15.8 Å². The van der Waals surface area contributed by atoms with E-state index < -0.39 is 0 Å². The SMILES string of the molecule is Cc1ccc(-c2cc(-n3c4cc(C)ccc4c4ccc(C)cc43)c(-n3c4cc(C)ccc4c4ccc(C)cc43)cc2C#N)c(C)c1.Cc1ccc(-c2cc(-n3c4ccc(C)cc4c4cc(C)ccc43)c(-n3c4ccc(C)cc4c4cc(C)ccc43)cc2C#N)c(C)c1.Cc1ccc(-c2cc(-n3c4ccccc4c4cc(C)ccc43)c(-n3c4ccccc4c4cc(C)ccc43)cc2C#N)c(C)c1. The first-order valence-corrected chi connectivity index (χ1v) is 46.9. The maximum absolute atomic E-state index is 10.7. The third kappa shape index (κ3) is 14.0. The van der Waals surface area contributed by atoms with Crippen LogP contribution in [-0.4, -0.2) is 27.4 Å². The van der Waals surface area contributed by atoms with Crippen LogP contribution >= 0.6 is 0 Å². The Morgan fingerprint density at radius 2 is 0.324 bits per heavy atom. The molecular formula is C127H101N9. The molecule has 0 fully saturated rings. The van der Waals surface area contributed by atoms with E-state index in [1.54, 1.807) is 0 Å². The second kappa shape index (κ2) is 32.9. The zero-order valence-electron chi connectivity index (χ0n) is 79.6. The van der Waals surface area contributed by atoms with Crippen LogP contribution < -0.4 is 0 Å². The quantitative estimate of drug-likeness (QED) is 0.144. The molecule has 0 radical (unpaired) electrons. The van der Waals surface area contributed by atoms with Crippen LogP contribution in [0, 0.1) is 145 Å². The molecule has 18 aromatic carbocycles. The Balaban J connectivity index is 0.000000118. The third-order valence-electron chi connectivity index (χ3n) is 28.1. The van der Waals surface area contributed by atoms with Crippen molar-refractivity contribution in [2.24, 2.45) is 0 Å². The Kier molecular flexibility index (Phi) is 20.5.